The third-order valence-electron chi connectivity index (χ3n) is 5.38. The molecule has 3 heterocycles. The second-order valence-electron chi connectivity index (χ2n) is 8.06. The molecule has 0 saturated carbocycles. The smallest absolute Gasteiger partial charge is 0.315 e. The summed E-state index contributed by atoms with van der Waals surface area (Å²) in [5, 5.41) is 0.462. The Morgan fingerprint density at radius 3 is 2.64 bits per heavy atom. The molecule has 0 aliphatic rings. The van der Waals surface area contributed by atoms with Crippen molar-refractivity contribution in [1.29, 1.82) is 0 Å². The molecule has 0 N–H and O–H groups in total. The fourth-order valence-electron chi connectivity index (χ4n) is 3.62. The van der Waals surface area contributed by atoms with Gasteiger partial charge in [0.15, 0.2) is 16.3 Å². The minimum atomic E-state index is -0.520. The minimum Gasteiger partial charge on any atom is -0.315 e. The van der Waals surface area contributed by atoms with Crippen LogP contribution in [0.4, 0.5) is 9.52 Å². The maximum Gasteiger partial charge on any atom is 0.332 e. The molecule has 1 amide bonds. The average Bonchev–Trinajstić information content (AvgIpc) is 3.37. The van der Waals surface area contributed by atoms with E-state index in [-0.39, 0.29) is 29.4 Å². The van der Waals surface area contributed by atoms with Gasteiger partial charge in [-0.05, 0) is 45.3 Å². The highest BCUT2D eigenvalue weighted by Crippen LogP contribution is 2.30. The number of aromatic nitrogens is 5. The van der Waals surface area contributed by atoms with Crippen molar-refractivity contribution in [1.82, 2.24) is 28.6 Å². The summed E-state index contributed by atoms with van der Waals surface area (Å²) in [4.78, 5) is 50.6. The van der Waals surface area contributed by atoms with E-state index in [4.69, 9.17) is 0 Å². The first-order valence-corrected chi connectivity index (χ1v) is 11.1. The molecule has 0 aliphatic heterocycles. The first-order valence-electron chi connectivity index (χ1n) is 10.3. The number of hydrogen-bond acceptors (Lipinski definition) is 7. The Morgan fingerprint density at radius 1 is 1.15 bits per heavy atom. The first kappa shape index (κ1) is 22.8. The van der Waals surface area contributed by atoms with Crippen LogP contribution < -0.4 is 16.1 Å². The lowest BCUT2D eigenvalue weighted by molar-refractivity contribution is -0.119. The Balaban J connectivity index is 1.71. The number of amides is 1. The quantitative estimate of drug-likeness (QED) is 0.400. The molecule has 0 atom stereocenters. The molecular weight excluding hydrogens is 449 g/mol. The van der Waals surface area contributed by atoms with Crippen molar-refractivity contribution in [3.63, 3.8) is 0 Å². The number of imidazole rings is 1. The Bertz CT molecular complexity index is 1470. The van der Waals surface area contributed by atoms with Gasteiger partial charge in [0.1, 0.15) is 12.4 Å². The molecule has 0 spiro atoms. The molecule has 0 saturated heterocycles. The monoisotopic (exact) mass is 473 g/mol. The first-order chi connectivity index (χ1) is 15.7. The number of halogens is 1. The van der Waals surface area contributed by atoms with Gasteiger partial charge in [-0.3, -0.25) is 23.6 Å². The van der Waals surface area contributed by atoms with Crippen molar-refractivity contribution in [3.05, 3.63) is 51.2 Å². The van der Waals surface area contributed by atoms with E-state index in [2.05, 4.69) is 9.97 Å². The summed E-state index contributed by atoms with van der Waals surface area (Å²) in [6.45, 7) is 1.01. The van der Waals surface area contributed by atoms with Crippen LogP contribution in [0.3, 0.4) is 0 Å². The van der Waals surface area contributed by atoms with Crippen LogP contribution in [-0.4, -0.2) is 61.7 Å². The normalized spacial score (nSPS) is 11.7. The van der Waals surface area contributed by atoms with Crippen molar-refractivity contribution in [2.24, 2.45) is 14.1 Å². The summed E-state index contributed by atoms with van der Waals surface area (Å²) in [6.07, 6.45) is 2.08. The van der Waals surface area contributed by atoms with Gasteiger partial charge in [0.05, 0.1) is 16.5 Å². The fourth-order valence-corrected chi connectivity index (χ4v) is 4.66. The van der Waals surface area contributed by atoms with E-state index in [0.717, 1.165) is 11.1 Å². The molecule has 1 aromatic carbocycles. The van der Waals surface area contributed by atoms with Gasteiger partial charge in [-0.15, -0.1) is 0 Å². The van der Waals surface area contributed by atoms with Crippen LogP contribution in [0.1, 0.15) is 6.42 Å². The zero-order valence-corrected chi connectivity index (χ0v) is 19.6. The highest BCUT2D eigenvalue weighted by atomic mass is 32.1. The van der Waals surface area contributed by atoms with Gasteiger partial charge < -0.3 is 9.47 Å². The summed E-state index contributed by atoms with van der Waals surface area (Å²) >= 11 is 1.24. The molecule has 174 valence electrons. The topological polar surface area (TPSA) is 98.3 Å². The van der Waals surface area contributed by atoms with Crippen molar-refractivity contribution in [2.45, 2.75) is 13.0 Å². The van der Waals surface area contributed by atoms with Crippen LogP contribution in [-0.2, 0) is 25.4 Å². The third-order valence-corrected chi connectivity index (χ3v) is 6.42. The fraction of sp³-hybridized carbons (Fsp3) is 0.381. The maximum atomic E-state index is 13.7. The zero-order chi connectivity index (χ0) is 23.9. The second-order valence-corrected chi connectivity index (χ2v) is 9.07. The van der Waals surface area contributed by atoms with Gasteiger partial charge in [0, 0.05) is 20.6 Å². The Kier molecular flexibility index (Phi) is 6.13. The molecule has 10 nitrogen and oxygen atoms in total. The molecule has 12 heteroatoms. The van der Waals surface area contributed by atoms with Crippen LogP contribution >= 0.6 is 11.3 Å². The van der Waals surface area contributed by atoms with E-state index in [0.29, 0.717) is 28.3 Å². The third kappa shape index (κ3) is 4.31. The summed E-state index contributed by atoms with van der Waals surface area (Å²) in [6, 6.07) is 4.31. The number of carbonyl (C=O) groups is 1. The lowest BCUT2D eigenvalue weighted by atomic mass is 10.3. The predicted molar refractivity (Wildman–Crippen MR) is 125 cm³/mol. The van der Waals surface area contributed by atoms with Crippen LogP contribution in [0.5, 0.6) is 0 Å². The van der Waals surface area contributed by atoms with Gasteiger partial charge in [-0.25, -0.2) is 19.2 Å². The van der Waals surface area contributed by atoms with E-state index in [1.807, 2.05) is 19.0 Å². The number of aryl methyl sites for hydroxylation is 1. The molecule has 3 aromatic heterocycles. The van der Waals surface area contributed by atoms with Gasteiger partial charge in [0.2, 0.25) is 5.91 Å². The molecule has 0 unspecified atom stereocenters. The van der Waals surface area contributed by atoms with Crippen molar-refractivity contribution < 1.29 is 9.18 Å². The Hall–Kier alpha value is -3.38. The highest BCUT2D eigenvalue weighted by Gasteiger charge is 2.22. The molecule has 33 heavy (non-hydrogen) atoms. The van der Waals surface area contributed by atoms with E-state index >= 15 is 0 Å². The number of fused-ring (bicyclic) bond motifs is 2. The van der Waals surface area contributed by atoms with Gasteiger partial charge >= 0.3 is 5.69 Å². The number of hydrogen-bond donors (Lipinski definition) is 0. The summed E-state index contributed by atoms with van der Waals surface area (Å²) in [7, 11) is 6.81. The minimum absolute atomic E-state index is 0.157. The standard InChI is InChI=1S/C21H24FN7O3S/c1-25(2)8-5-9-29(20-24-14-7-6-13(22)10-15(14)33-20)16(30)11-28-12-23-18-17(28)19(31)27(4)21(32)26(18)3/h6-7,10,12H,5,8-9,11H2,1-4H3. The van der Waals surface area contributed by atoms with E-state index in [9.17, 15) is 18.8 Å². The number of anilines is 1. The zero-order valence-electron chi connectivity index (χ0n) is 18.8. The SMILES string of the molecule is CN(C)CCCN(C(=O)Cn1cnc2c1c(=O)n(C)c(=O)n2C)c1nc2ccc(F)cc2s1. The number of thiazole rings is 1. The number of nitrogens with zero attached hydrogens (tertiary/aromatic N) is 7. The van der Waals surface area contributed by atoms with E-state index in [1.165, 1.54) is 53.0 Å². The molecule has 4 aromatic rings. The summed E-state index contributed by atoms with van der Waals surface area (Å²) in [5.74, 6) is -0.655. The molecule has 0 bridgehead atoms. The predicted octanol–water partition coefficient (Wildman–Crippen LogP) is 1.17. The van der Waals surface area contributed by atoms with Crippen LogP contribution in [0.25, 0.3) is 21.4 Å². The molecule has 4 rings (SSSR count). The molecule has 0 fully saturated rings. The van der Waals surface area contributed by atoms with Gasteiger partial charge in [-0.1, -0.05) is 11.3 Å². The molecule has 0 radical (unpaired) electrons. The van der Waals surface area contributed by atoms with Crippen molar-refractivity contribution in [2.75, 3.05) is 32.1 Å². The number of benzene rings is 1. The maximum absolute atomic E-state index is 13.7. The highest BCUT2D eigenvalue weighted by molar-refractivity contribution is 7.22. The summed E-state index contributed by atoms with van der Waals surface area (Å²) < 4.78 is 18.0. The van der Waals surface area contributed by atoms with Crippen molar-refractivity contribution >= 4 is 43.8 Å². The lowest BCUT2D eigenvalue weighted by Crippen LogP contribution is -2.39. The lowest BCUT2D eigenvalue weighted by Gasteiger charge is -2.21. The average molecular weight is 474 g/mol. The van der Waals surface area contributed by atoms with Crippen LogP contribution in [0.2, 0.25) is 0 Å². The molecule has 0 aliphatic carbocycles. The number of rotatable bonds is 7. The van der Waals surface area contributed by atoms with Crippen LogP contribution in [0, 0.1) is 5.82 Å². The van der Waals surface area contributed by atoms with Crippen molar-refractivity contribution in [3.8, 4) is 0 Å². The van der Waals surface area contributed by atoms with Gasteiger partial charge in [-0.2, -0.15) is 0 Å². The molecular formula is C21H24FN7O3S. The largest absolute Gasteiger partial charge is 0.332 e. The summed E-state index contributed by atoms with van der Waals surface area (Å²) in [5.41, 5.74) is -0.0130. The van der Waals surface area contributed by atoms with Crippen LogP contribution in [0.15, 0.2) is 34.1 Å². The van der Waals surface area contributed by atoms with E-state index in [1.54, 1.807) is 11.0 Å². The van der Waals surface area contributed by atoms with E-state index < -0.39 is 11.2 Å². The van der Waals surface area contributed by atoms with Gasteiger partial charge in [0.25, 0.3) is 5.56 Å². The Morgan fingerprint density at radius 2 is 1.91 bits per heavy atom. The number of carbonyl (C=O) groups excluding carboxylic acids is 1. The Labute approximate surface area is 192 Å². The second kappa shape index (κ2) is 8.87.